The van der Waals surface area contributed by atoms with Gasteiger partial charge in [0.2, 0.25) is 5.88 Å². The largest absolute Gasteiger partial charge is 0.478 e. The predicted octanol–water partition coefficient (Wildman–Crippen LogP) is 2.95. The molecule has 0 unspecified atom stereocenters. The molecule has 0 aliphatic rings. The fourth-order valence-corrected chi connectivity index (χ4v) is 1.55. The minimum absolute atomic E-state index is 0. The number of guanidine groups is 1. The van der Waals surface area contributed by atoms with Gasteiger partial charge < -0.3 is 15.4 Å². The summed E-state index contributed by atoms with van der Waals surface area (Å²) < 4.78 is 5.46. The van der Waals surface area contributed by atoms with Crippen LogP contribution in [0.1, 0.15) is 39.2 Å². The highest BCUT2D eigenvalue weighted by atomic mass is 127. The van der Waals surface area contributed by atoms with Crippen LogP contribution in [-0.4, -0.2) is 30.6 Å². The first-order valence-corrected chi connectivity index (χ1v) is 7.40. The van der Waals surface area contributed by atoms with Gasteiger partial charge in [0, 0.05) is 25.4 Å². The molecule has 1 aromatic rings. The van der Waals surface area contributed by atoms with E-state index in [0.29, 0.717) is 19.0 Å². The summed E-state index contributed by atoms with van der Waals surface area (Å²) in [5.74, 6) is 1.52. The third kappa shape index (κ3) is 8.75. The van der Waals surface area contributed by atoms with Crippen molar-refractivity contribution in [2.24, 2.45) is 4.99 Å². The zero-order valence-electron chi connectivity index (χ0n) is 13.2. The van der Waals surface area contributed by atoms with Crippen LogP contribution in [0.3, 0.4) is 0 Å². The number of nitrogens with one attached hydrogen (secondary N) is 2. The number of aromatic nitrogens is 1. The monoisotopic (exact) mass is 406 g/mol. The summed E-state index contributed by atoms with van der Waals surface area (Å²) in [4.78, 5) is 8.80. The van der Waals surface area contributed by atoms with Gasteiger partial charge in [0.25, 0.3) is 0 Å². The Bertz CT molecular complexity index is 395. The third-order valence-corrected chi connectivity index (χ3v) is 2.56. The molecular formula is C15H27IN4O. The highest BCUT2D eigenvalue weighted by Gasteiger charge is 1.98. The molecule has 0 fully saturated rings. The summed E-state index contributed by atoms with van der Waals surface area (Å²) in [6.07, 6.45) is 3.89. The van der Waals surface area contributed by atoms with Gasteiger partial charge in [0.15, 0.2) is 5.96 Å². The van der Waals surface area contributed by atoms with Gasteiger partial charge in [-0.3, -0.25) is 0 Å². The lowest BCUT2D eigenvalue weighted by Gasteiger charge is -2.10. The van der Waals surface area contributed by atoms with E-state index in [1.807, 2.05) is 18.3 Å². The van der Waals surface area contributed by atoms with Crippen LogP contribution in [-0.2, 0) is 6.54 Å². The van der Waals surface area contributed by atoms with Crippen LogP contribution >= 0.6 is 24.0 Å². The molecule has 0 radical (unpaired) electrons. The summed E-state index contributed by atoms with van der Waals surface area (Å²) >= 11 is 0. The first-order valence-electron chi connectivity index (χ1n) is 7.40. The zero-order valence-corrected chi connectivity index (χ0v) is 15.5. The first-order chi connectivity index (χ1) is 9.80. The van der Waals surface area contributed by atoms with E-state index in [0.717, 1.165) is 37.5 Å². The van der Waals surface area contributed by atoms with Crippen molar-refractivity contribution in [2.75, 3.05) is 19.7 Å². The van der Waals surface area contributed by atoms with Crippen molar-refractivity contribution in [3.05, 3.63) is 23.9 Å². The van der Waals surface area contributed by atoms with Crippen LogP contribution in [0.2, 0.25) is 0 Å². The molecular weight excluding hydrogens is 379 g/mol. The third-order valence-electron chi connectivity index (χ3n) is 2.56. The van der Waals surface area contributed by atoms with Crippen LogP contribution in [0.5, 0.6) is 5.88 Å². The minimum Gasteiger partial charge on any atom is -0.478 e. The van der Waals surface area contributed by atoms with Crippen molar-refractivity contribution in [3.8, 4) is 5.88 Å². The van der Waals surface area contributed by atoms with Gasteiger partial charge in [-0.05, 0) is 25.3 Å². The summed E-state index contributed by atoms with van der Waals surface area (Å²) in [7, 11) is 0. The predicted molar refractivity (Wildman–Crippen MR) is 98.5 cm³/mol. The number of hydrogen-bond donors (Lipinski definition) is 2. The van der Waals surface area contributed by atoms with Crippen molar-refractivity contribution in [2.45, 2.75) is 40.2 Å². The summed E-state index contributed by atoms with van der Waals surface area (Å²) in [5.41, 5.74) is 1.07. The maximum Gasteiger partial charge on any atom is 0.213 e. The van der Waals surface area contributed by atoms with Crippen LogP contribution < -0.4 is 15.4 Å². The van der Waals surface area contributed by atoms with Crippen LogP contribution in [0, 0.1) is 0 Å². The Kier molecular flexibility index (Phi) is 12.0. The Labute approximate surface area is 145 Å². The number of halogens is 1. The van der Waals surface area contributed by atoms with E-state index in [2.05, 4.69) is 41.4 Å². The minimum atomic E-state index is 0. The standard InChI is InChI=1S/C15H26N4O.HI/c1-4-9-17-15(16-6-3)19-12-13-7-8-14(18-11-13)20-10-5-2;/h7-8,11H,4-6,9-10,12H2,1-3H3,(H2,16,17,19);1H. The number of pyridine rings is 1. The Morgan fingerprint density at radius 3 is 2.57 bits per heavy atom. The van der Waals surface area contributed by atoms with E-state index < -0.39 is 0 Å². The number of aliphatic imine (C=N–C) groups is 1. The fourth-order valence-electron chi connectivity index (χ4n) is 1.55. The average molecular weight is 406 g/mol. The lowest BCUT2D eigenvalue weighted by Crippen LogP contribution is -2.37. The smallest absolute Gasteiger partial charge is 0.213 e. The van der Waals surface area contributed by atoms with E-state index in [1.165, 1.54) is 0 Å². The molecule has 1 rings (SSSR count). The van der Waals surface area contributed by atoms with Crippen molar-refractivity contribution in [1.82, 2.24) is 15.6 Å². The van der Waals surface area contributed by atoms with E-state index in [4.69, 9.17) is 4.74 Å². The molecule has 0 spiro atoms. The van der Waals surface area contributed by atoms with E-state index in [1.54, 1.807) is 0 Å². The second-order valence-electron chi connectivity index (χ2n) is 4.48. The Morgan fingerprint density at radius 2 is 2.00 bits per heavy atom. The maximum atomic E-state index is 5.46. The second kappa shape index (κ2) is 12.7. The summed E-state index contributed by atoms with van der Waals surface area (Å²) in [6.45, 7) is 9.37. The van der Waals surface area contributed by atoms with E-state index in [-0.39, 0.29) is 24.0 Å². The zero-order chi connectivity index (χ0) is 14.6. The van der Waals surface area contributed by atoms with Gasteiger partial charge >= 0.3 is 0 Å². The molecule has 5 nitrogen and oxygen atoms in total. The van der Waals surface area contributed by atoms with Gasteiger partial charge in [0.05, 0.1) is 13.2 Å². The summed E-state index contributed by atoms with van der Waals surface area (Å²) in [6, 6.07) is 3.90. The lowest BCUT2D eigenvalue weighted by atomic mass is 10.3. The number of rotatable bonds is 8. The molecule has 0 atom stereocenters. The van der Waals surface area contributed by atoms with Gasteiger partial charge in [0.1, 0.15) is 0 Å². The van der Waals surface area contributed by atoms with Crippen molar-refractivity contribution >= 4 is 29.9 Å². The van der Waals surface area contributed by atoms with Gasteiger partial charge in [-0.25, -0.2) is 9.98 Å². The van der Waals surface area contributed by atoms with Crippen LogP contribution in [0.25, 0.3) is 0 Å². The fraction of sp³-hybridized carbons (Fsp3) is 0.600. The van der Waals surface area contributed by atoms with Crippen molar-refractivity contribution < 1.29 is 4.74 Å². The SMILES string of the molecule is CCCNC(=NCc1ccc(OCCC)nc1)NCC.I. The van der Waals surface area contributed by atoms with E-state index in [9.17, 15) is 0 Å². The highest BCUT2D eigenvalue weighted by molar-refractivity contribution is 14.0. The number of ether oxygens (including phenoxy) is 1. The van der Waals surface area contributed by atoms with Gasteiger partial charge in [-0.15, -0.1) is 24.0 Å². The van der Waals surface area contributed by atoms with Crippen molar-refractivity contribution in [3.63, 3.8) is 0 Å². The average Bonchev–Trinajstić information content (AvgIpc) is 2.49. The molecule has 0 amide bonds. The molecule has 2 N–H and O–H groups in total. The molecule has 0 saturated carbocycles. The van der Waals surface area contributed by atoms with Crippen LogP contribution in [0.15, 0.2) is 23.3 Å². The molecule has 0 bridgehead atoms. The second-order valence-corrected chi connectivity index (χ2v) is 4.48. The molecule has 1 aromatic heterocycles. The molecule has 0 aliphatic carbocycles. The number of nitrogens with zero attached hydrogens (tertiary/aromatic N) is 2. The quantitative estimate of drug-likeness (QED) is 0.396. The topological polar surface area (TPSA) is 58.5 Å². The highest BCUT2D eigenvalue weighted by Crippen LogP contribution is 2.08. The normalized spacial score (nSPS) is 10.7. The molecule has 1 heterocycles. The molecule has 120 valence electrons. The molecule has 0 aliphatic heterocycles. The van der Waals surface area contributed by atoms with Gasteiger partial charge in [-0.1, -0.05) is 19.9 Å². The lowest BCUT2D eigenvalue weighted by molar-refractivity contribution is 0.305. The van der Waals surface area contributed by atoms with E-state index >= 15 is 0 Å². The number of hydrogen-bond acceptors (Lipinski definition) is 3. The van der Waals surface area contributed by atoms with Crippen LogP contribution in [0.4, 0.5) is 0 Å². The first kappa shape index (κ1) is 19.9. The summed E-state index contributed by atoms with van der Waals surface area (Å²) in [5, 5.41) is 6.49. The molecule has 6 heteroatoms. The molecule has 0 saturated heterocycles. The Balaban J connectivity index is 0.00000400. The maximum absolute atomic E-state index is 5.46. The van der Waals surface area contributed by atoms with Gasteiger partial charge in [-0.2, -0.15) is 0 Å². The molecule has 21 heavy (non-hydrogen) atoms. The Hall–Kier alpha value is -1.05. The molecule has 0 aromatic carbocycles. The Morgan fingerprint density at radius 1 is 1.19 bits per heavy atom. The van der Waals surface area contributed by atoms with Crippen molar-refractivity contribution in [1.29, 1.82) is 0 Å².